The average Bonchev–Trinajstić information content (AvgIpc) is 2.89. The number of nitrogens with one attached hydrogen (secondary N) is 1. The first-order valence-electron chi connectivity index (χ1n) is 5.51. The SMILES string of the molecule is O=C(/C=C/c1cccs1)NCc1ccc(O)cc1. The van der Waals surface area contributed by atoms with Crippen LogP contribution in [-0.2, 0) is 11.3 Å². The van der Waals surface area contributed by atoms with E-state index in [0.717, 1.165) is 10.4 Å². The van der Waals surface area contributed by atoms with Gasteiger partial charge in [-0.2, -0.15) is 0 Å². The molecule has 0 radical (unpaired) electrons. The number of hydrogen-bond acceptors (Lipinski definition) is 3. The fraction of sp³-hybridized carbons (Fsp3) is 0.0714. The van der Waals surface area contributed by atoms with Crippen LogP contribution in [0.15, 0.2) is 47.9 Å². The lowest BCUT2D eigenvalue weighted by Gasteiger charge is -2.02. The zero-order valence-electron chi connectivity index (χ0n) is 9.67. The zero-order chi connectivity index (χ0) is 12.8. The molecule has 2 N–H and O–H groups in total. The van der Waals surface area contributed by atoms with Crippen LogP contribution >= 0.6 is 11.3 Å². The van der Waals surface area contributed by atoms with E-state index in [2.05, 4.69) is 5.32 Å². The molecule has 0 aliphatic heterocycles. The molecule has 0 saturated heterocycles. The monoisotopic (exact) mass is 259 g/mol. The van der Waals surface area contributed by atoms with Gasteiger partial charge >= 0.3 is 0 Å². The average molecular weight is 259 g/mol. The van der Waals surface area contributed by atoms with Crippen molar-refractivity contribution in [1.29, 1.82) is 0 Å². The topological polar surface area (TPSA) is 49.3 Å². The van der Waals surface area contributed by atoms with Crippen LogP contribution in [0.3, 0.4) is 0 Å². The van der Waals surface area contributed by atoms with Crippen LogP contribution in [-0.4, -0.2) is 11.0 Å². The molecule has 0 fully saturated rings. The summed E-state index contributed by atoms with van der Waals surface area (Å²) in [5.41, 5.74) is 0.950. The lowest BCUT2D eigenvalue weighted by Crippen LogP contribution is -2.20. The van der Waals surface area contributed by atoms with E-state index in [4.69, 9.17) is 5.11 Å². The highest BCUT2D eigenvalue weighted by molar-refractivity contribution is 7.10. The Balaban J connectivity index is 1.83. The van der Waals surface area contributed by atoms with Gasteiger partial charge in [-0.05, 0) is 35.2 Å². The Hall–Kier alpha value is -2.07. The van der Waals surface area contributed by atoms with Crippen molar-refractivity contribution in [2.75, 3.05) is 0 Å². The number of aromatic hydroxyl groups is 1. The lowest BCUT2D eigenvalue weighted by atomic mass is 10.2. The highest BCUT2D eigenvalue weighted by Crippen LogP contribution is 2.10. The fourth-order valence-corrected chi connectivity index (χ4v) is 2.02. The molecule has 0 aliphatic carbocycles. The molecule has 3 nitrogen and oxygen atoms in total. The Morgan fingerprint density at radius 3 is 2.72 bits per heavy atom. The van der Waals surface area contributed by atoms with Gasteiger partial charge in [-0.1, -0.05) is 18.2 Å². The number of carbonyl (C=O) groups excluding carboxylic acids is 1. The quantitative estimate of drug-likeness (QED) is 0.829. The predicted molar refractivity (Wildman–Crippen MR) is 73.3 cm³/mol. The molecule has 1 heterocycles. The lowest BCUT2D eigenvalue weighted by molar-refractivity contribution is -0.116. The van der Waals surface area contributed by atoms with E-state index in [1.165, 1.54) is 6.08 Å². The minimum Gasteiger partial charge on any atom is -0.508 e. The van der Waals surface area contributed by atoms with Crippen LogP contribution in [0.1, 0.15) is 10.4 Å². The Morgan fingerprint density at radius 2 is 2.06 bits per heavy atom. The van der Waals surface area contributed by atoms with Crippen molar-refractivity contribution in [2.24, 2.45) is 0 Å². The third-order valence-corrected chi connectivity index (χ3v) is 3.18. The van der Waals surface area contributed by atoms with Crippen molar-refractivity contribution >= 4 is 23.3 Å². The molecule has 0 aliphatic rings. The number of phenols is 1. The Labute approximate surface area is 109 Å². The second-order valence-electron chi connectivity index (χ2n) is 3.73. The maximum atomic E-state index is 11.5. The van der Waals surface area contributed by atoms with E-state index in [1.54, 1.807) is 41.7 Å². The first-order chi connectivity index (χ1) is 8.74. The number of hydrogen-bond donors (Lipinski definition) is 2. The van der Waals surface area contributed by atoms with Crippen molar-refractivity contribution in [3.8, 4) is 5.75 Å². The van der Waals surface area contributed by atoms with Gasteiger partial charge in [-0.3, -0.25) is 4.79 Å². The zero-order valence-corrected chi connectivity index (χ0v) is 10.5. The summed E-state index contributed by atoms with van der Waals surface area (Å²) in [5, 5.41) is 13.9. The standard InChI is InChI=1S/C14H13NO2S/c16-12-5-3-11(4-6-12)10-15-14(17)8-7-13-2-1-9-18-13/h1-9,16H,10H2,(H,15,17)/b8-7+. The van der Waals surface area contributed by atoms with Crippen LogP contribution in [0.5, 0.6) is 5.75 Å². The van der Waals surface area contributed by atoms with Crippen LogP contribution in [0.25, 0.3) is 6.08 Å². The molecule has 0 atom stereocenters. The molecular weight excluding hydrogens is 246 g/mol. The van der Waals surface area contributed by atoms with Crippen LogP contribution in [0.2, 0.25) is 0 Å². The molecule has 18 heavy (non-hydrogen) atoms. The second kappa shape index (κ2) is 6.02. The molecule has 0 spiro atoms. The van der Waals surface area contributed by atoms with Crippen LogP contribution < -0.4 is 5.32 Å². The maximum Gasteiger partial charge on any atom is 0.244 e. The maximum absolute atomic E-state index is 11.5. The van der Waals surface area contributed by atoms with Gasteiger partial charge in [-0.15, -0.1) is 11.3 Å². The van der Waals surface area contributed by atoms with Crippen molar-refractivity contribution in [2.45, 2.75) is 6.54 Å². The van der Waals surface area contributed by atoms with E-state index in [1.807, 2.05) is 17.5 Å². The number of amides is 1. The first kappa shape index (κ1) is 12.4. The van der Waals surface area contributed by atoms with E-state index in [0.29, 0.717) is 6.54 Å². The highest BCUT2D eigenvalue weighted by Gasteiger charge is 1.97. The molecule has 92 valence electrons. The van der Waals surface area contributed by atoms with Crippen molar-refractivity contribution in [3.05, 3.63) is 58.3 Å². The summed E-state index contributed by atoms with van der Waals surface area (Å²) < 4.78 is 0. The minimum atomic E-state index is -0.128. The van der Waals surface area contributed by atoms with Gasteiger partial charge in [0.05, 0.1) is 0 Å². The normalized spacial score (nSPS) is 10.7. The highest BCUT2D eigenvalue weighted by atomic mass is 32.1. The van der Waals surface area contributed by atoms with E-state index >= 15 is 0 Å². The third-order valence-electron chi connectivity index (χ3n) is 2.35. The number of rotatable bonds is 4. The molecule has 0 unspecified atom stereocenters. The summed E-state index contributed by atoms with van der Waals surface area (Å²) in [4.78, 5) is 12.6. The van der Waals surface area contributed by atoms with Crippen molar-refractivity contribution < 1.29 is 9.90 Å². The number of carbonyl (C=O) groups is 1. The summed E-state index contributed by atoms with van der Waals surface area (Å²) in [7, 11) is 0. The van der Waals surface area contributed by atoms with E-state index < -0.39 is 0 Å². The summed E-state index contributed by atoms with van der Waals surface area (Å²) in [6.45, 7) is 0.452. The van der Waals surface area contributed by atoms with Crippen molar-refractivity contribution in [1.82, 2.24) is 5.32 Å². The van der Waals surface area contributed by atoms with E-state index in [-0.39, 0.29) is 11.7 Å². The summed E-state index contributed by atoms with van der Waals surface area (Å²) in [6.07, 6.45) is 3.31. The summed E-state index contributed by atoms with van der Waals surface area (Å²) in [5.74, 6) is 0.0964. The summed E-state index contributed by atoms with van der Waals surface area (Å²) in [6, 6.07) is 10.6. The largest absolute Gasteiger partial charge is 0.508 e. The Morgan fingerprint density at radius 1 is 1.28 bits per heavy atom. The molecule has 0 saturated carbocycles. The van der Waals surface area contributed by atoms with E-state index in [9.17, 15) is 4.79 Å². The van der Waals surface area contributed by atoms with Gasteiger partial charge in [0, 0.05) is 17.5 Å². The molecule has 1 aromatic carbocycles. The second-order valence-corrected chi connectivity index (χ2v) is 4.71. The molecule has 0 bridgehead atoms. The van der Waals surface area contributed by atoms with Gasteiger partial charge in [-0.25, -0.2) is 0 Å². The van der Waals surface area contributed by atoms with Gasteiger partial charge in [0.25, 0.3) is 0 Å². The van der Waals surface area contributed by atoms with Crippen LogP contribution in [0, 0.1) is 0 Å². The molecular formula is C14H13NO2S. The molecule has 4 heteroatoms. The first-order valence-corrected chi connectivity index (χ1v) is 6.39. The smallest absolute Gasteiger partial charge is 0.244 e. The molecule has 1 aromatic heterocycles. The molecule has 2 aromatic rings. The minimum absolute atomic E-state index is 0.128. The molecule has 2 rings (SSSR count). The Kier molecular flexibility index (Phi) is 4.15. The fourth-order valence-electron chi connectivity index (χ4n) is 1.41. The van der Waals surface area contributed by atoms with Crippen molar-refractivity contribution in [3.63, 3.8) is 0 Å². The Bertz CT molecular complexity index is 529. The summed E-state index contributed by atoms with van der Waals surface area (Å²) >= 11 is 1.59. The number of phenolic OH excluding ortho intramolecular Hbond substituents is 1. The third kappa shape index (κ3) is 3.75. The number of benzene rings is 1. The van der Waals surface area contributed by atoms with Gasteiger partial charge in [0.15, 0.2) is 0 Å². The van der Waals surface area contributed by atoms with Gasteiger partial charge < -0.3 is 10.4 Å². The number of thiophene rings is 1. The van der Waals surface area contributed by atoms with Gasteiger partial charge in [0.1, 0.15) is 5.75 Å². The van der Waals surface area contributed by atoms with Gasteiger partial charge in [0.2, 0.25) is 5.91 Å². The van der Waals surface area contributed by atoms with Crippen LogP contribution in [0.4, 0.5) is 0 Å². The molecule has 1 amide bonds. The predicted octanol–water partition coefficient (Wildman–Crippen LogP) is 2.78.